The molecule has 0 saturated carbocycles. The van der Waals surface area contributed by atoms with E-state index in [1.165, 1.54) is 10.7 Å². The largest absolute Gasteiger partial charge is 0.328 e. The van der Waals surface area contributed by atoms with Crippen molar-refractivity contribution in [1.29, 1.82) is 0 Å². The van der Waals surface area contributed by atoms with Crippen molar-refractivity contribution in [1.82, 2.24) is 4.68 Å². The number of hydrogen-bond acceptors (Lipinski definition) is 3. The van der Waals surface area contributed by atoms with Gasteiger partial charge in [-0.2, -0.15) is 0 Å². The molecule has 0 aliphatic rings. The Balaban J connectivity index is 1.63. The monoisotopic (exact) mass is 622 g/mol. The molecule has 1 aromatic heterocycles. The molecule has 172 valence electrons. The molecule has 7 nitrogen and oxygen atoms in total. The van der Waals surface area contributed by atoms with E-state index in [0.29, 0.717) is 27.3 Å². The van der Waals surface area contributed by atoms with Crippen LogP contribution in [0.1, 0.15) is 10.5 Å². The van der Waals surface area contributed by atoms with E-state index in [4.69, 9.17) is 23.2 Å². The highest BCUT2D eigenvalue weighted by molar-refractivity contribution is 9.10. The molecule has 0 unspecified atom stereocenters. The highest BCUT2D eigenvalue weighted by atomic mass is 79.9. The SMILES string of the molecule is O=C(Nc1ccc(Br)cc1)C(=O)Nn1c(C(=O)Nc2ccc(Cl)cc2Cl)cc2cc(Br)ccc21. The fourth-order valence-electron chi connectivity index (χ4n) is 3.12. The van der Waals surface area contributed by atoms with Gasteiger partial charge in [0.1, 0.15) is 5.69 Å². The fourth-order valence-corrected chi connectivity index (χ4v) is 4.22. The molecule has 0 aliphatic carbocycles. The Morgan fingerprint density at radius 1 is 0.765 bits per heavy atom. The number of aromatic nitrogens is 1. The Morgan fingerprint density at radius 3 is 2.18 bits per heavy atom. The lowest BCUT2D eigenvalue weighted by Crippen LogP contribution is -2.36. The quantitative estimate of drug-likeness (QED) is 0.228. The van der Waals surface area contributed by atoms with Gasteiger partial charge < -0.3 is 10.6 Å². The summed E-state index contributed by atoms with van der Waals surface area (Å²) in [7, 11) is 0. The lowest BCUT2D eigenvalue weighted by Gasteiger charge is -2.13. The molecule has 3 N–H and O–H groups in total. The highest BCUT2D eigenvalue weighted by Crippen LogP contribution is 2.27. The number of nitrogens with one attached hydrogen (secondary N) is 3. The van der Waals surface area contributed by atoms with Gasteiger partial charge in [0.05, 0.1) is 16.2 Å². The normalized spacial score (nSPS) is 10.7. The lowest BCUT2D eigenvalue weighted by molar-refractivity contribution is -0.133. The molecule has 3 aromatic carbocycles. The predicted octanol–water partition coefficient (Wildman–Crippen LogP) is 6.43. The maximum absolute atomic E-state index is 13.1. The second-order valence-electron chi connectivity index (χ2n) is 7.05. The molecule has 0 aliphatic heterocycles. The first-order valence-corrected chi connectivity index (χ1v) is 12.0. The van der Waals surface area contributed by atoms with Crippen molar-refractivity contribution >= 4 is 95.1 Å². The van der Waals surface area contributed by atoms with Crippen LogP contribution in [0, 0.1) is 0 Å². The maximum Gasteiger partial charge on any atom is 0.328 e. The standard InChI is InChI=1S/C23H14Br2Cl2N4O3/c24-13-1-5-16(6-2-13)28-22(33)23(34)30-31-19-8-3-14(25)9-12(19)10-20(31)21(32)29-18-7-4-15(26)11-17(18)27/h1-11H,(H,28,33)(H,29,32)(H,30,34). The van der Waals surface area contributed by atoms with Crippen molar-refractivity contribution < 1.29 is 14.4 Å². The van der Waals surface area contributed by atoms with Gasteiger partial charge in [-0.3, -0.25) is 19.8 Å². The fraction of sp³-hybridized carbons (Fsp3) is 0. The van der Waals surface area contributed by atoms with Gasteiger partial charge in [-0.05, 0) is 66.7 Å². The van der Waals surface area contributed by atoms with Gasteiger partial charge in [-0.1, -0.05) is 55.1 Å². The third-order valence-electron chi connectivity index (χ3n) is 4.70. The van der Waals surface area contributed by atoms with Crippen molar-refractivity contribution in [2.24, 2.45) is 0 Å². The van der Waals surface area contributed by atoms with E-state index in [-0.39, 0.29) is 10.7 Å². The molecule has 0 atom stereocenters. The first-order valence-electron chi connectivity index (χ1n) is 9.66. The molecule has 0 radical (unpaired) electrons. The number of fused-ring (bicyclic) bond motifs is 1. The minimum absolute atomic E-state index is 0.0870. The zero-order valence-corrected chi connectivity index (χ0v) is 21.7. The summed E-state index contributed by atoms with van der Waals surface area (Å²) in [4.78, 5) is 38.3. The average Bonchev–Trinajstić information content (AvgIpc) is 3.14. The second kappa shape index (κ2) is 10.2. The number of benzene rings is 3. The van der Waals surface area contributed by atoms with Crippen molar-refractivity contribution in [2.45, 2.75) is 0 Å². The van der Waals surface area contributed by atoms with E-state index in [1.807, 2.05) is 0 Å². The van der Waals surface area contributed by atoms with Crippen LogP contribution >= 0.6 is 55.1 Å². The number of anilines is 2. The van der Waals surface area contributed by atoms with E-state index in [1.54, 1.807) is 60.7 Å². The molecular weight excluding hydrogens is 611 g/mol. The predicted molar refractivity (Wildman–Crippen MR) is 141 cm³/mol. The topological polar surface area (TPSA) is 92.2 Å². The van der Waals surface area contributed by atoms with Crippen molar-refractivity contribution in [2.75, 3.05) is 16.1 Å². The van der Waals surface area contributed by atoms with Gasteiger partial charge in [0.15, 0.2) is 0 Å². The third kappa shape index (κ3) is 5.44. The molecule has 4 rings (SSSR count). The van der Waals surface area contributed by atoms with Gasteiger partial charge in [-0.25, -0.2) is 4.68 Å². The molecule has 0 spiro atoms. The molecule has 0 bridgehead atoms. The van der Waals surface area contributed by atoms with E-state index in [9.17, 15) is 14.4 Å². The zero-order chi connectivity index (χ0) is 24.4. The van der Waals surface area contributed by atoms with E-state index in [0.717, 1.165) is 8.95 Å². The van der Waals surface area contributed by atoms with Gasteiger partial charge in [0.25, 0.3) is 5.91 Å². The number of rotatable bonds is 4. The first-order chi connectivity index (χ1) is 16.2. The van der Waals surface area contributed by atoms with Crippen molar-refractivity contribution in [3.8, 4) is 0 Å². The lowest BCUT2D eigenvalue weighted by atomic mass is 10.2. The summed E-state index contributed by atoms with van der Waals surface area (Å²) >= 11 is 18.8. The molecule has 0 saturated heterocycles. The maximum atomic E-state index is 13.1. The van der Waals surface area contributed by atoms with Crippen LogP contribution < -0.4 is 16.1 Å². The van der Waals surface area contributed by atoms with E-state index < -0.39 is 17.7 Å². The molecule has 4 aromatic rings. The molecule has 11 heteroatoms. The minimum atomic E-state index is -0.957. The Bertz CT molecular complexity index is 1440. The van der Waals surface area contributed by atoms with E-state index >= 15 is 0 Å². The summed E-state index contributed by atoms with van der Waals surface area (Å²) in [6.07, 6.45) is 0. The number of carbonyl (C=O) groups is 3. The molecule has 1 heterocycles. The van der Waals surface area contributed by atoms with Gasteiger partial charge in [-0.15, -0.1) is 0 Å². The minimum Gasteiger partial charge on any atom is -0.319 e. The first kappa shape index (κ1) is 24.3. The average molecular weight is 625 g/mol. The third-order valence-corrected chi connectivity index (χ3v) is 6.27. The van der Waals surface area contributed by atoms with Crippen LogP contribution in [0.3, 0.4) is 0 Å². The van der Waals surface area contributed by atoms with Crippen LogP contribution in [0.4, 0.5) is 11.4 Å². The number of amides is 3. The molecule has 34 heavy (non-hydrogen) atoms. The van der Waals surface area contributed by atoms with Gasteiger partial charge in [0.2, 0.25) is 0 Å². The van der Waals surface area contributed by atoms with Crippen molar-refractivity contribution in [3.63, 3.8) is 0 Å². The van der Waals surface area contributed by atoms with Crippen LogP contribution in [0.5, 0.6) is 0 Å². The van der Waals surface area contributed by atoms with Crippen LogP contribution in [-0.2, 0) is 9.59 Å². The summed E-state index contributed by atoms with van der Waals surface area (Å²) in [6.45, 7) is 0. The van der Waals surface area contributed by atoms with E-state index in [2.05, 4.69) is 47.9 Å². The van der Waals surface area contributed by atoms with Gasteiger partial charge in [0, 0.05) is 25.0 Å². The summed E-state index contributed by atoms with van der Waals surface area (Å²) in [5, 5.41) is 6.55. The molecule has 0 fully saturated rings. The number of carbonyl (C=O) groups excluding carboxylic acids is 3. The molecule has 3 amide bonds. The molecular formula is C23H14Br2Cl2N4O3. The van der Waals surface area contributed by atoms with Crippen LogP contribution in [0.2, 0.25) is 10.0 Å². The second-order valence-corrected chi connectivity index (χ2v) is 9.72. The number of halogens is 4. The Labute approximate surface area is 220 Å². The van der Waals surface area contributed by atoms with Crippen molar-refractivity contribution in [3.05, 3.63) is 91.4 Å². The Kier molecular flexibility index (Phi) is 7.27. The highest BCUT2D eigenvalue weighted by Gasteiger charge is 2.21. The summed E-state index contributed by atoms with van der Waals surface area (Å²) in [5.74, 6) is -2.40. The summed E-state index contributed by atoms with van der Waals surface area (Å²) < 4.78 is 2.87. The van der Waals surface area contributed by atoms with Gasteiger partial charge >= 0.3 is 11.8 Å². The van der Waals surface area contributed by atoms with Crippen LogP contribution in [-0.4, -0.2) is 22.4 Å². The van der Waals surface area contributed by atoms with Crippen LogP contribution in [0.15, 0.2) is 75.7 Å². The Hall–Kier alpha value is -2.85. The summed E-state index contributed by atoms with van der Waals surface area (Å²) in [5.41, 5.74) is 3.89. The van der Waals surface area contributed by atoms with Crippen LogP contribution in [0.25, 0.3) is 10.9 Å². The number of nitrogens with zero attached hydrogens (tertiary/aromatic N) is 1. The smallest absolute Gasteiger partial charge is 0.319 e. The summed E-state index contributed by atoms with van der Waals surface area (Å²) in [6, 6.07) is 18.2. The zero-order valence-electron chi connectivity index (χ0n) is 17.0. The number of hydrogen-bond donors (Lipinski definition) is 3. The Morgan fingerprint density at radius 2 is 1.47 bits per heavy atom.